The summed E-state index contributed by atoms with van der Waals surface area (Å²) in [6, 6.07) is 75.9. The maximum atomic E-state index is 2.55. The van der Waals surface area contributed by atoms with E-state index < -0.39 is 0 Å². The Kier molecular flexibility index (Phi) is 7.31. The van der Waals surface area contributed by atoms with Gasteiger partial charge in [0.15, 0.2) is 0 Å². The molecule has 0 unspecified atom stereocenters. The molecule has 2 aliphatic rings. The van der Waals surface area contributed by atoms with Crippen LogP contribution >= 0.6 is 0 Å². The van der Waals surface area contributed by atoms with Gasteiger partial charge in [-0.1, -0.05) is 166 Å². The smallest absolute Gasteiger partial charge is 0.0623 e. The molecule has 1 aliphatic carbocycles. The van der Waals surface area contributed by atoms with Crippen molar-refractivity contribution >= 4 is 38.9 Å². The van der Waals surface area contributed by atoms with E-state index in [4.69, 9.17) is 0 Å². The molecule has 1 aromatic heterocycles. The number of hydrogen-bond donors (Lipinski definition) is 0. The van der Waals surface area contributed by atoms with Crippen molar-refractivity contribution in [3.63, 3.8) is 0 Å². The van der Waals surface area contributed by atoms with Crippen LogP contribution < -0.4 is 4.90 Å². The Morgan fingerprint density at radius 2 is 0.932 bits per heavy atom. The van der Waals surface area contributed by atoms with Crippen LogP contribution in [0.2, 0.25) is 0 Å². The molecule has 0 bridgehead atoms. The zero-order valence-corrected chi connectivity index (χ0v) is 33.0. The van der Waals surface area contributed by atoms with Crippen LogP contribution in [0.15, 0.2) is 206 Å². The summed E-state index contributed by atoms with van der Waals surface area (Å²) in [5.74, 6) is 0. The molecule has 278 valence electrons. The third kappa shape index (κ3) is 5.06. The number of hydrogen-bond acceptors (Lipinski definition) is 1. The molecule has 2 heterocycles. The fourth-order valence-electron chi connectivity index (χ4n) is 10.1. The van der Waals surface area contributed by atoms with E-state index in [9.17, 15) is 0 Å². The number of para-hydroxylation sites is 1. The highest BCUT2D eigenvalue weighted by atomic mass is 15.1. The van der Waals surface area contributed by atoms with E-state index in [1.807, 2.05) is 0 Å². The zero-order chi connectivity index (χ0) is 39.2. The first-order valence-electron chi connectivity index (χ1n) is 20.6. The molecular formula is C57H40N2. The van der Waals surface area contributed by atoms with Gasteiger partial charge in [-0.25, -0.2) is 0 Å². The average Bonchev–Trinajstić information content (AvgIpc) is 3.71. The molecule has 0 fully saturated rings. The number of fused-ring (bicyclic) bond motifs is 6. The predicted molar refractivity (Wildman–Crippen MR) is 248 cm³/mol. The van der Waals surface area contributed by atoms with Crippen LogP contribution in [0.3, 0.4) is 0 Å². The Morgan fingerprint density at radius 1 is 0.373 bits per heavy atom. The highest BCUT2D eigenvalue weighted by molar-refractivity contribution is 6.18. The van der Waals surface area contributed by atoms with Crippen LogP contribution in [0.5, 0.6) is 0 Å². The van der Waals surface area contributed by atoms with Crippen molar-refractivity contribution in [1.82, 2.24) is 4.57 Å². The lowest BCUT2D eigenvalue weighted by atomic mass is 9.81. The SMILES string of the molecule is CC1(C)c2cccc3c2-c2c1ccc1c4ccccc4n(c21)-c1ccc(-c2cccc(N(c4ccc(-c5ccccc5)cc4)c4ccc(-c5ccccc5)cc4)c2)cc1-3. The van der Waals surface area contributed by atoms with Crippen molar-refractivity contribution in [3.8, 4) is 61.3 Å². The van der Waals surface area contributed by atoms with E-state index in [1.54, 1.807) is 0 Å². The lowest BCUT2D eigenvalue weighted by molar-refractivity contribution is 0.661. The van der Waals surface area contributed by atoms with Crippen LogP contribution in [0.4, 0.5) is 17.1 Å². The molecule has 0 N–H and O–H groups in total. The predicted octanol–water partition coefficient (Wildman–Crippen LogP) is 15.5. The summed E-state index contributed by atoms with van der Waals surface area (Å²) in [4.78, 5) is 2.38. The molecule has 0 radical (unpaired) electrons. The quantitative estimate of drug-likeness (QED) is 0.164. The monoisotopic (exact) mass is 752 g/mol. The van der Waals surface area contributed by atoms with Crippen molar-refractivity contribution in [2.24, 2.45) is 0 Å². The molecule has 0 spiro atoms. The Bertz CT molecular complexity index is 3180. The van der Waals surface area contributed by atoms with E-state index in [1.165, 1.54) is 94.3 Å². The van der Waals surface area contributed by atoms with Crippen molar-refractivity contribution in [1.29, 1.82) is 0 Å². The third-order valence-corrected chi connectivity index (χ3v) is 12.9. The third-order valence-electron chi connectivity index (χ3n) is 12.9. The van der Waals surface area contributed by atoms with Gasteiger partial charge in [-0.05, 0) is 110 Å². The minimum atomic E-state index is -0.0956. The highest BCUT2D eigenvalue weighted by Gasteiger charge is 2.40. The second kappa shape index (κ2) is 12.8. The summed E-state index contributed by atoms with van der Waals surface area (Å²) in [6.45, 7) is 4.78. The fourth-order valence-corrected chi connectivity index (χ4v) is 10.1. The Hall–Kier alpha value is -7.42. The van der Waals surface area contributed by atoms with Crippen molar-refractivity contribution in [2.45, 2.75) is 19.3 Å². The van der Waals surface area contributed by atoms with Gasteiger partial charge in [0.25, 0.3) is 0 Å². The lowest BCUT2D eigenvalue weighted by Gasteiger charge is -2.26. The van der Waals surface area contributed by atoms with Gasteiger partial charge < -0.3 is 9.47 Å². The minimum absolute atomic E-state index is 0.0956. The van der Waals surface area contributed by atoms with Crippen LogP contribution in [0.25, 0.3) is 83.1 Å². The largest absolute Gasteiger partial charge is 0.310 e. The average molecular weight is 753 g/mol. The Morgan fingerprint density at radius 3 is 1.63 bits per heavy atom. The number of benzene rings is 9. The molecule has 0 saturated carbocycles. The van der Waals surface area contributed by atoms with Gasteiger partial charge >= 0.3 is 0 Å². The van der Waals surface area contributed by atoms with Crippen LogP contribution in [0, 0.1) is 0 Å². The molecule has 2 nitrogen and oxygen atoms in total. The van der Waals surface area contributed by atoms with Gasteiger partial charge in [0, 0.05) is 44.4 Å². The molecule has 2 heteroatoms. The number of rotatable bonds is 6. The summed E-state index contributed by atoms with van der Waals surface area (Å²) < 4.78 is 2.55. The Balaban J connectivity index is 1.02. The minimum Gasteiger partial charge on any atom is -0.310 e. The van der Waals surface area contributed by atoms with Gasteiger partial charge in [-0.2, -0.15) is 0 Å². The molecule has 0 amide bonds. The van der Waals surface area contributed by atoms with Gasteiger partial charge in [-0.3, -0.25) is 0 Å². The summed E-state index contributed by atoms with van der Waals surface area (Å²) in [7, 11) is 0. The zero-order valence-electron chi connectivity index (χ0n) is 33.0. The molecular weight excluding hydrogens is 713 g/mol. The number of nitrogens with zero attached hydrogens (tertiary/aromatic N) is 2. The first-order valence-corrected chi connectivity index (χ1v) is 20.6. The van der Waals surface area contributed by atoms with Crippen molar-refractivity contribution < 1.29 is 0 Å². The normalized spacial score (nSPS) is 13.1. The maximum absolute atomic E-state index is 2.55. The molecule has 59 heavy (non-hydrogen) atoms. The van der Waals surface area contributed by atoms with Gasteiger partial charge in [0.1, 0.15) is 0 Å². The van der Waals surface area contributed by atoms with E-state index >= 15 is 0 Å². The van der Waals surface area contributed by atoms with Gasteiger partial charge in [-0.15, -0.1) is 0 Å². The van der Waals surface area contributed by atoms with E-state index in [0.717, 1.165) is 17.1 Å². The van der Waals surface area contributed by atoms with Crippen LogP contribution in [-0.4, -0.2) is 4.57 Å². The summed E-state index contributed by atoms with van der Waals surface area (Å²) in [5, 5.41) is 2.61. The number of aromatic nitrogens is 1. The van der Waals surface area contributed by atoms with Crippen LogP contribution in [-0.2, 0) is 5.41 Å². The second-order valence-corrected chi connectivity index (χ2v) is 16.5. The molecule has 10 aromatic rings. The second-order valence-electron chi connectivity index (χ2n) is 16.5. The summed E-state index contributed by atoms with van der Waals surface area (Å²) in [5.41, 5.74) is 22.4. The Labute approximate surface area is 344 Å². The standard InChI is InChI=1S/C57H40N2/c1-57(2)50-21-12-20-47-49-36-42(27-34-53(49)59-52-22-10-9-19-46(52)48-32-33-51(57)55(54(47)50)56(48)59)41-17-11-18-45(35-41)58(43-28-23-39(24-29-43)37-13-5-3-6-14-37)44-30-25-40(26-31-44)38-15-7-4-8-16-38/h3-36H,1-2H3. The van der Waals surface area contributed by atoms with Crippen LogP contribution in [0.1, 0.15) is 25.0 Å². The number of anilines is 3. The molecule has 12 rings (SSSR count). The first-order chi connectivity index (χ1) is 29.0. The summed E-state index contributed by atoms with van der Waals surface area (Å²) >= 11 is 0. The first kappa shape index (κ1) is 33.7. The molecule has 1 aliphatic heterocycles. The molecule has 0 atom stereocenters. The van der Waals surface area contributed by atoms with Gasteiger partial charge in [0.05, 0.1) is 16.7 Å². The van der Waals surface area contributed by atoms with Crippen molar-refractivity contribution in [3.05, 3.63) is 217 Å². The fraction of sp³-hybridized carbons (Fsp3) is 0.0526. The van der Waals surface area contributed by atoms with E-state index in [-0.39, 0.29) is 5.41 Å². The van der Waals surface area contributed by atoms with Crippen molar-refractivity contribution in [2.75, 3.05) is 4.90 Å². The lowest BCUT2D eigenvalue weighted by Crippen LogP contribution is -2.15. The van der Waals surface area contributed by atoms with E-state index in [0.29, 0.717) is 0 Å². The molecule has 9 aromatic carbocycles. The summed E-state index contributed by atoms with van der Waals surface area (Å²) in [6.07, 6.45) is 0. The van der Waals surface area contributed by atoms with E-state index in [2.05, 4.69) is 230 Å². The highest BCUT2D eigenvalue weighted by Crippen LogP contribution is 2.58. The molecule has 0 saturated heterocycles. The maximum Gasteiger partial charge on any atom is 0.0623 e. The van der Waals surface area contributed by atoms with Gasteiger partial charge in [0.2, 0.25) is 0 Å². The topological polar surface area (TPSA) is 8.17 Å².